The minimum atomic E-state index is -0.366. The summed E-state index contributed by atoms with van der Waals surface area (Å²) in [4.78, 5) is 24.9. The van der Waals surface area contributed by atoms with Crippen molar-refractivity contribution >= 4 is 29.4 Å². The third kappa shape index (κ3) is 5.07. The van der Waals surface area contributed by atoms with Gasteiger partial charge in [-0.2, -0.15) is 0 Å². The van der Waals surface area contributed by atoms with Crippen molar-refractivity contribution in [3.63, 3.8) is 0 Å². The molecule has 2 rings (SSSR count). The summed E-state index contributed by atoms with van der Waals surface area (Å²) < 4.78 is 9.94. The lowest BCUT2D eigenvalue weighted by Gasteiger charge is -2.02. The van der Waals surface area contributed by atoms with Gasteiger partial charge in [0.05, 0.1) is 13.5 Å². The van der Waals surface area contributed by atoms with Crippen LogP contribution in [0.1, 0.15) is 32.1 Å². The van der Waals surface area contributed by atoms with Crippen molar-refractivity contribution in [1.82, 2.24) is 0 Å². The van der Waals surface area contributed by atoms with Gasteiger partial charge in [-0.25, -0.2) is 4.79 Å². The van der Waals surface area contributed by atoms with E-state index in [4.69, 9.17) is 9.47 Å². The topological polar surface area (TPSA) is 52.6 Å². The Hall–Kier alpha value is -2.40. The van der Waals surface area contributed by atoms with Crippen LogP contribution in [0.4, 0.5) is 0 Å². The first-order valence-electron chi connectivity index (χ1n) is 7.15. The molecule has 2 aromatic rings. The molecule has 0 aliphatic carbocycles. The van der Waals surface area contributed by atoms with Gasteiger partial charge in [0.2, 0.25) is 0 Å². The van der Waals surface area contributed by atoms with E-state index < -0.39 is 0 Å². The second-order valence-electron chi connectivity index (χ2n) is 4.89. The number of rotatable bonds is 6. The molecule has 0 spiro atoms. The maximum Gasteiger partial charge on any atom is 0.348 e. The van der Waals surface area contributed by atoms with Gasteiger partial charge in [-0.3, -0.25) is 4.79 Å². The van der Waals surface area contributed by atoms with E-state index in [9.17, 15) is 9.59 Å². The van der Waals surface area contributed by atoms with E-state index >= 15 is 0 Å². The fraction of sp³-hybridized carbons (Fsp3) is 0.222. The van der Waals surface area contributed by atoms with E-state index in [1.54, 1.807) is 12.2 Å². The Labute approximate surface area is 139 Å². The molecule has 0 N–H and O–H groups in total. The van der Waals surface area contributed by atoms with Crippen molar-refractivity contribution < 1.29 is 19.1 Å². The predicted molar refractivity (Wildman–Crippen MR) is 90.3 cm³/mol. The summed E-state index contributed by atoms with van der Waals surface area (Å²) in [6.07, 6.45) is 3.60. The molecule has 23 heavy (non-hydrogen) atoms. The monoisotopic (exact) mass is 330 g/mol. The molecule has 0 aliphatic heterocycles. The van der Waals surface area contributed by atoms with Crippen molar-refractivity contribution in [1.29, 1.82) is 0 Å². The summed E-state index contributed by atoms with van der Waals surface area (Å²) in [6.45, 7) is 2.18. The molecule has 0 atom stereocenters. The highest BCUT2D eigenvalue weighted by Crippen LogP contribution is 2.24. The van der Waals surface area contributed by atoms with Gasteiger partial charge < -0.3 is 9.47 Å². The van der Waals surface area contributed by atoms with E-state index in [2.05, 4.69) is 0 Å². The molecule has 1 aromatic carbocycles. The Morgan fingerprint density at radius 3 is 2.65 bits per heavy atom. The SMILES string of the molecule is COC(=O)c1sc(C)cc1/C=C/CC(=O)OCc1ccccc1. The summed E-state index contributed by atoms with van der Waals surface area (Å²) >= 11 is 1.37. The first kappa shape index (κ1) is 17.0. The number of benzene rings is 1. The van der Waals surface area contributed by atoms with E-state index in [1.165, 1.54) is 18.4 Å². The average Bonchev–Trinajstić information content (AvgIpc) is 2.94. The van der Waals surface area contributed by atoms with Crippen molar-refractivity contribution in [2.75, 3.05) is 7.11 Å². The number of esters is 2. The largest absolute Gasteiger partial charge is 0.465 e. The van der Waals surface area contributed by atoms with Gasteiger partial charge in [0.1, 0.15) is 11.5 Å². The Kier molecular flexibility index (Phi) is 6.11. The maximum absolute atomic E-state index is 11.7. The van der Waals surface area contributed by atoms with Crippen molar-refractivity contribution in [2.45, 2.75) is 20.0 Å². The molecule has 0 saturated carbocycles. The van der Waals surface area contributed by atoms with Crippen LogP contribution in [0.2, 0.25) is 0 Å². The average molecular weight is 330 g/mol. The van der Waals surface area contributed by atoms with Gasteiger partial charge in [0.15, 0.2) is 0 Å². The van der Waals surface area contributed by atoms with E-state index in [0.717, 1.165) is 16.0 Å². The molecule has 0 fully saturated rings. The lowest BCUT2D eigenvalue weighted by molar-refractivity contribution is -0.143. The van der Waals surface area contributed by atoms with Crippen LogP contribution in [0, 0.1) is 6.92 Å². The third-order valence-electron chi connectivity index (χ3n) is 3.08. The molecule has 0 aliphatic rings. The van der Waals surface area contributed by atoms with Crippen molar-refractivity contribution in [2.24, 2.45) is 0 Å². The van der Waals surface area contributed by atoms with Crippen LogP contribution in [-0.2, 0) is 20.9 Å². The molecule has 0 saturated heterocycles. The first-order valence-corrected chi connectivity index (χ1v) is 7.96. The Morgan fingerprint density at radius 2 is 1.96 bits per heavy atom. The van der Waals surface area contributed by atoms with Gasteiger partial charge in [-0.1, -0.05) is 42.5 Å². The minimum absolute atomic E-state index is 0.155. The summed E-state index contributed by atoms with van der Waals surface area (Å²) in [7, 11) is 1.35. The number of carbonyl (C=O) groups excluding carboxylic acids is 2. The second-order valence-corrected chi connectivity index (χ2v) is 6.14. The number of methoxy groups -OCH3 is 1. The number of hydrogen-bond acceptors (Lipinski definition) is 5. The maximum atomic E-state index is 11.7. The second kappa shape index (κ2) is 8.29. The summed E-state index contributed by atoms with van der Waals surface area (Å²) in [5.74, 6) is -0.675. The zero-order valence-electron chi connectivity index (χ0n) is 13.1. The fourth-order valence-corrected chi connectivity index (χ4v) is 2.91. The van der Waals surface area contributed by atoms with Gasteiger partial charge >= 0.3 is 11.9 Å². The van der Waals surface area contributed by atoms with Crippen LogP contribution in [0.3, 0.4) is 0 Å². The highest BCUT2D eigenvalue weighted by molar-refractivity contribution is 7.14. The quantitative estimate of drug-likeness (QED) is 0.752. The first-order chi connectivity index (χ1) is 11.1. The fourth-order valence-electron chi connectivity index (χ4n) is 1.99. The highest BCUT2D eigenvalue weighted by Gasteiger charge is 2.13. The van der Waals surface area contributed by atoms with Crippen LogP contribution in [-0.4, -0.2) is 19.0 Å². The van der Waals surface area contributed by atoms with E-state index in [-0.39, 0.29) is 25.0 Å². The zero-order valence-corrected chi connectivity index (χ0v) is 13.9. The minimum Gasteiger partial charge on any atom is -0.465 e. The van der Waals surface area contributed by atoms with E-state index in [1.807, 2.05) is 43.3 Å². The molecule has 5 heteroatoms. The number of hydrogen-bond donors (Lipinski definition) is 0. The van der Waals surface area contributed by atoms with Crippen LogP contribution in [0.25, 0.3) is 6.08 Å². The van der Waals surface area contributed by atoms with E-state index in [0.29, 0.717) is 4.88 Å². The van der Waals surface area contributed by atoms with Crippen LogP contribution >= 0.6 is 11.3 Å². The molecule has 0 radical (unpaired) electrons. The third-order valence-corrected chi connectivity index (χ3v) is 4.13. The number of ether oxygens (including phenoxy) is 2. The Morgan fingerprint density at radius 1 is 1.22 bits per heavy atom. The Balaban J connectivity index is 1.89. The number of aryl methyl sites for hydroxylation is 1. The van der Waals surface area contributed by atoms with Gasteiger partial charge in [-0.05, 0) is 24.1 Å². The lowest BCUT2D eigenvalue weighted by atomic mass is 10.2. The van der Waals surface area contributed by atoms with Crippen LogP contribution in [0.5, 0.6) is 0 Å². The zero-order chi connectivity index (χ0) is 16.7. The standard InChI is InChI=1S/C18H18O4S/c1-13-11-15(17(23-13)18(20)21-2)9-6-10-16(19)22-12-14-7-4-3-5-8-14/h3-9,11H,10,12H2,1-2H3/b9-6+. The smallest absolute Gasteiger partial charge is 0.348 e. The molecular formula is C18H18O4S. The van der Waals surface area contributed by atoms with Crippen molar-refractivity contribution in [3.05, 3.63) is 63.4 Å². The molecule has 0 amide bonds. The van der Waals surface area contributed by atoms with Gasteiger partial charge in [0, 0.05) is 4.88 Å². The lowest BCUT2D eigenvalue weighted by Crippen LogP contribution is -2.03. The molecule has 0 bridgehead atoms. The highest BCUT2D eigenvalue weighted by atomic mass is 32.1. The molecular weight excluding hydrogens is 312 g/mol. The van der Waals surface area contributed by atoms with Crippen molar-refractivity contribution in [3.8, 4) is 0 Å². The summed E-state index contributed by atoms with van der Waals surface area (Å²) in [5.41, 5.74) is 1.71. The van der Waals surface area contributed by atoms with Crippen LogP contribution < -0.4 is 0 Å². The number of thiophene rings is 1. The van der Waals surface area contributed by atoms with Gasteiger partial charge in [-0.15, -0.1) is 11.3 Å². The van der Waals surface area contributed by atoms with Gasteiger partial charge in [0.25, 0.3) is 0 Å². The predicted octanol–water partition coefficient (Wildman–Crippen LogP) is 3.99. The molecule has 0 unspecified atom stereocenters. The molecule has 1 heterocycles. The summed E-state index contributed by atoms with van der Waals surface area (Å²) in [5, 5.41) is 0. The Bertz CT molecular complexity index is 701. The molecule has 1 aromatic heterocycles. The molecule has 120 valence electrons. The normalized spacial score (nSPS) is 10.7. The summed E-state index contributed by atoms with van der Waals surface area (Å²) in [6, 6.07) is 11.4. The molecule has 4 nitrogen and oxygen atoms in total. The number of carbonyl (C=O) groups is 2. The van der Waals surface area contributed by atoms with Crippen LogP contribution in [0.15, 0.2) is 42.5 Å².